The summed E-state index contributed by atoms with van der Waals surface area (Å²) in [4.78, 5) is 24.3. The monoisotopic (exact) mass is 371 g/mol. The Hall–Kier alpha value is -2.60. The highest BCUT2D eigenvalue weighted by atomic mass is 79.9. The fourth-order valence-corrected chi connectivity index (χ4v) is 2.82. The molecule has 3 rings (SSSR count). The van der Waals surface area contributed by atoms with Gasteiger partial charge in [0.2, 0.25) is 0 Å². The number of rotatable bonds is 2. The molecule has 0 saturated heterocycles. The van der Waals surface area contributed by atoms with Crippen LogP contribution in [0.1, 0.15) is 10.4 Å². The van der Waals surface area contributed by atoms with Gasteiger partial charge >= 0.3 is 6.03 Å². The van der Waals surface area contributed by atoms with Crippen molar-refractivity contribution in [1.82, 2.24) is 9.88 Å². The Labute approximate surface area is 141 Å². The van der Waals surface area contributed by atoms with Gasteiger partial charge in [0.15, 0.2) is 0 Å². The third-order valence-corrected chi connectivity index (χ3v) is 3.94. The quantitative estimate of drug-likeness (QED) is 0.717. The first-order valence-electron chi connectivity index (χ1n) is 6.96. The second kappa shape index (κ2) is 6.26. The predicted molar refractivity (Wildman–Crippen MR) is 93.5 cm³/mol. The first-order chi connectivity index (χ1) is 11.0. The number of carbonyl (C=O) groups excluding carboxylic acids is 2. The molecule has 5 nitrogen and oxygen atoms in total. The standard InChI is InChI=1S/C17H14BrN3O2/c1-21-10-14(13-7-2-3-8-15(13)21)16(22)20-17(23)19-12-6-4-5-11(18)9-12/h2-10H,1H3,(H2,19,20,22,23). The van der Waals surface area contributed by atoms with Crippen molar-refractivity contribution in [2.45, 2.75) is 0 Å². The molecule has 0 atom stereocenters. The number of urea groups is 1. The number of benzene rings is 2. The van der Waals surface area contributed by atoms with Crippen molar-refractivity contribution in [3.63, 3.8) is 0 Å². The van der Waals surface area contributed by atoms with Crippen LogP contribution in [0.5, 0.6) is 0 Å². The number of imide groups is 1. The van der Waals surface area contributed by atoms with Crippen molar-refractivity contribution in [2.24, 2.45) is 7.05 Å². The average Bonchev–Trinajstić information content (AvgIpc) is 2.85. The lowest BCUT2D eigenvalue weighted by Crippen LogP contribution is -2.34. The summed E-state index contributed by atoms with van der Waals surface area (Å²) in [6, 6.07) is 14.1. The fourth-order valence-electron chi connectivity index (χ4n) is 2.42. The number of para-hydroxylation sites is 1. The molecule has 0 spiro atoms. The summed E-state index contributed by atoms with van der Waals surface area (Å²) in [6.07, 6.45) is 1.71. The molecule has 1 aromatic heterocycles. The Morgan fingerprint density at radius 1 is 1.09 bits per heavy atom. The zero-order valence-corrected chi connectivity index (χ0v) is 13.9. The Bertz CT molecular complexity index is 902. The number of hydrogen-bond donors (Lipinski definition) is 2. The largest absolute Gasteiger partial charge is 0.350 e. The van der Waals surface area contributed by atoms with Gasteiger partial charge in [-0.25, -0.2) is 4.79 Å². The van der Waals surface area contributed by atoms with Crippen LogP contribution < -0.4 is 10.6 Å². The van der Waals surface area contributed by atoms with Gasteiger partial charge in [-0.05, 0) is 24.3 Å². The number of nitrogens with one attached hydrogen (secondary N) is 2. The predicted octanol–water partition coefficient (Wildman–Crippen LogP) is 3.90. The summed E-state index contributed by atoms with van der Waals surface area (Å²) in [7, 11) is 1.86. The van der Waals surface area contributed by atoms with Crippen LogP contribution in [-0.4, -0.2) is 16.5 Å². The summed E-state index contributed by atoms with van der Waals surface area (Å²) >= 11 is 3.33. The number of fused-ring (bicyclic) bond motifs is 1. The van der Waals surface area contributed by atoms with Crippen LogP contribution in [-0.2, 0) is 7.05 Å². The Kier molecular flexibility index (Phi) is 4.16. The average molecular weight is 372 g/mol. The number of hydrogen-bond acceptors (Lipinski definition) is 2. The molecule has 2 aromatic carbocycles. The van der Waals surface area contributed by atoms with E-state index in [1.165, 1.54) is 0 Å². The van der Waals surface area contributed by atoms with Crippen molar-refractivity contribution in [3.05, 3.63) is 64.8 Å². The van der Waals surface area contributed by atoms with E-state index in [0.717, 1.165) is 15.4 Å². The van der Waals surface area contributed by atoms with E-state index in [9.17, 15) is 9.59 Å². The van der Waals surface area contributed by atoms with Crippen LogP contribution in [0.3, 0.4) is 0 Å². The highest BCUT2D eigenvalue weighted by molar-refractivity contribution is 9.10. The van der Waals surface area contributed by atoms with E-state index in [1.54, 1.807) is 24.4 Å². The minimum atomic E-state index is -0.568. The van der Waals surface area contributed by atoms with Crippen LogP contribution in [0.4, 0.5) is 10.5 Å². The Balaban J connectivity index is 1.77. The maximum absolute atomic E-state index is 12.3. The highest BCUT2D eigenvalue weighted by Gasteiger charge is 2.16. The van der Waals surface area contributed by atoms with Gasteiger partial charge in [-0.15, -0.1) is 0 Å². The van der Waals surface area contributed by atoms with Crippen LogP contribution in [0, 0.1) is 0 Å². The van der Waals surface area contributed by atoms with E-state index in [-0.39, 0.29) is 0 Å². The molecule has 0 fully saturated rings. The van der Waals surface area contributed by atoms with E-state index in [2.05, 4.69) is 26.6 Å². The zero-order valence-electron chi connectivity index (χ0n) is 12.3. The van der Waals surface area contributed by atoms with Crippen molar-refractivity contribution >= 4 is 44.5 Å². The number of halogens is 1. The molecule has 0 bridgehead atoms. The molecule has 3 aromatic rings. The number of nitrogens with zero attached hydrogens (tertiary/aromatic N) is 1. The summed E-state index contributed by atoms with van der Waals surface area (Å²) in [5.74, 6) is -0.436. The van der Waals surface area contributed by atoms with Gasteiger partial charge in [0.25, 0.3) is 5.91 Å². The molecule has 0 unspecified atom stereocenters. The topological polar surface area (TPSA) is 63.1 Å². The molecule has 116 valence electrons. The second-order valence-electron chi connectivity index (χ2n) is 5.09. The molecule has 0 radical (unpaired) electrons. The Morgan fingerprint density at radius 3 is 2.65 bits per heavy atom. The zero-order chi connectivity index (χ0) is 16.4. The first-order valence-corrected chi connectivity index (χ1v) is 7.76. The molecule has 2 N–H and O–H groups in total. The Morgan fingerprint density at radius 2 is 1.87 bits per heavy atom. The van der Waals surface area contributed by atoms with E-state index >= 15 is 0 Å². The lowest BCUT2D eigenvalue weighted by Gasteiger charge is -2.06. The van der Waals surface area contributed by atoms with Gasteiger partial charge in [-0.1, -0.05) is 40.2 Å². The smallest absolute Gasteiger partial charge is 0.326 e. The van der Waals surface area contributed by atoms with E-state index in [1.807, 2.05) is 41.9 Å². The maximum Gasteiger partial charge on any atom is 0.326 e. The van der Waals surface area contributed by atoms with Gasteiger partial charge in [0.1, 0.15) is 0 Å². The van der Waals surface area contributed by atoms with Gasteiger partial charge in [0, 0.05) is 34.3 Å². The number of anilines is 1. The van der Waals surface area contributed by atoms with Crippen molar-refractivity contribution in [3.8, 4) is 0 Å². The molecule has 1 heterocycles. The summed E-state index contributed by atoms with van der Waals surface area (Å²) in [5.41, 5.74) is 2.00. The molecule has 0 saturated carbocycles. The molecular formula is C17H14BrN3O2. The fraction of sp³-hybridized carbons (Fsp3) is 0.0588. The molecule has 0 aliphatic carbocycles. The van der Waals surface area contributed by atoms with Crippen LogP contribution in [0.2, 0.25) is 0 Å². The van der Waals surface area contributed by atoms with E-state index < -0.39 is 11.9 Å². The van der Waals surface area contributed by atoms with Crippen LogP contribution in [0.25, 0.3) is 10.9 Å². The minimum absolute atomic E-state index is 0.436. The van der Waals surface area contributed by atoms with Gasteiger partial charge in [0.05, 0.1) is 5.56 Å². The molecule has 23 heavy (non-hydrogen) atoms. The highest BCUT2D eigenvalue weighted by Crippen LogP contribution is 2.20. The van der Waals surface area contributed by atoms with E-state index in [4.69, 9.17) is 0 Å². The summed E-state index contributed by atoms with van der Waals surface area (Å²) < 4.78 is 2.70. The SMILES string of the molecule is Cn1cc(C(=O)NC(=O)Nc2cccc(Br)c2)c2ccccc21. The first kappa shape index (κ1) is 15.3. The minimum Gasteiger partial charge on any atom is -0.350 e. The number of carbonyl (C=O) groups is 2. The lowest BCUT2D eigenvalue weighted by atomic mass is 10.1. The number of amides is 3. The van der Waals surface area contributed by atoms with Crippen molar-refractivity contribution in [1.29, 1.82) is 0 Å². The van der Waals surface area contributed by atoms with Gasteiger partial charge in [-0.2, -0.15) is 0 Å². The number of aromatic nitrogens is 1. The molecule has 3 amide bonds. The number of aryl methyl sites for hydroxylation is 1. The summed E-state index contributed by atoms with van der Waals surface area (Å²) in [5, 5.41) is 5.79. The van der Waals surface area contributed by atoms with Gasteiger partial charge < -0.3 is 9.88 Å². The molecule has 0 aliphatic heterocycles. The third-order valence-electron chi connectivity index (χ3n) is 3.45. The second-order valence-corrected chi connectivity index (χ2v) is 6.01. The van der Waals surface area contributed by atoms with Gasteiger partial charge in [-0.3, -0.25) is 10.1 Å². The normalized spacial score (nSPS) is 10.5. The maximum atomic E-state index is 12.3. The van der Waals surface area contributed by atoms with Crippen molar-refractivity contribution in [2.75, 3.05) is 5.32 Å². The van der Waals surface area contributed by atoms with Crippen molar-refractivity contribution < 1.29 is 9.59 Å². The molecular weight excluding hydrogens is 358 g/mol. The third kappa shape index (κ3) is 3.27. The lowest BCUT2D eigenvalue weighted by molar-refractivity contribution is 0.0968. The van der Waals surface area contributed by atoms with Crippen LogP contribution >= 0.6 is 15.9 Å². The van der Waals surface area contributed by atoms with Crippen LogP contribution in [0.15, 0.2) is 59.2 Å². The van der Waals surface area contributed by atoms with E-state index in [0.29, 0.717) is 11.3 Å². The summed E-state index contributed by atoms with van der Waals surface area (Å²) in [6.45, 7) is 0. The molecule has 0 aliphatic rings. The molecule has 6 heteroatoms.